The summed E-state index contributed by atoms with van der Waals surface area (Å²) >= 11 is 1.54. The van der Waals surface area contributed by atoms with Gasteiger partial charge in [-0.25, -0.2) is 9.59 Å². The average molecular weight is 284 g/mol. The Hall–Kier alpha value is -1.73. The molecule has 1 atom stereocenters. The van der Waals surface area contributed by atoms with Crippen molar-refractivity contribution in [2.75, 3.05) is 18.2 Å². The largest absolute Gasteiger partial charge is 0.480 e. The number of aliphatic carboxylic acids is 1. The lowest BCUT2D eigenvalue weighted by Gasteiger charge is -2.14. The topological polar surface area (TPSA) is 98.7 Å². The van der Waals surface area contributed by atoms with Crippen molar-refractivity contribution in [2.24, 2.45) is 0 Å². The fourth-order valence-electron chi connectivity index (χ4n) is 1.41. The Morgan fingerprint density at radius 2 is 2.16 bits per heavy atom. The molecule has 104 valence electrons. The standard InChI is InChI=1S/C12H16N2O4S/c1-19-9-4-2-3-8(7-9)13-12(18)14-10(5-6-15)11(16)17/h2-4,7,10,15H,5-6H2,1H3,(H,16,17)(H2,13,14,18). The van der Waals surface area contributed by atoms with E-state index in [1.54, 1.807) is 18.2 Å². The van der Waals surface area contributed by atoms with E-state index in [-0.39, 0.29) is 13.0 Å². The highest BCUT2D eigenvalue weighted by molar-refractivity contribution is 7.98. The molecule has 1 aromatic rings. The molecule has 0 aliphatic heterocycles. The number of amides is 2. The molecule has 19 heavy (non-hydrogen) atoms. The van der Waals surface area contributed by atoms with Crippen LogP contribution in [0.5, 0.6) is 0 Å². The van der Waals surface area contributed by atoms with E-state index in [4.69, 9.17) is 10.2 Å². The summed E-state index contributed by atoms with van der Waals surface area (Å²) in [5.41, 5.74) is 0.581. The van der Waals surface area contributed by atoms with Gasteiger partial charge in [0.25, 0.3) is 0 Å². The van der Waals surface area contributed by atoms with Crippen LogP contribution < -0.4 is 10.6 Å². The molecule has 0 spiro atoms. The molecule has 7 heteroatoms. The highest BCUT2D eigenvalue weighted by atomic mass is 32.2. The van der Waals surface area contributed by atoms with Gasteiger partial charge in [0.05, 0.1) is 0 Å². The van der Waals surface area contributed by atoms with E-state index in [0.29, 0.717) is 5.69 Å². The number of aliphatic hydroxyl groups is 1. The summed E-state index contributed by atoms with van der Waals surface area (Å²) in [6.45, 7) is -0.306. The Kier molecular flexibility index (Phi) is 6.17. The first-order chi connectivity index (χ1) is 9.06. The zero-order chi connectivity index (χ0) is 14.3. The quantitative estimate of drug-likeness (QED) is 0.591. The molecule has 0 fully saturated rings. The number of rotatable bonds is 6. The average Bonchev–Trinajstić information content (AvgIpc) is 2.38. The van der Waals surface area contributed by atoms with Crippen LogP contribution in [-0.4, -0.2) is 41.1 Å². The number of aliphatic hydroxyl groups excluding tert-OH is 1. The Labute approximate surface area is 115 Å². The van der Waals surface area contributed by atoms with Crippen LogP contribution >= 0.6 is 11.8 Å². The third-order valence-electron chi connectivity index (χ3n) is 2.35. The van der Waals surface area contributed by atoms with Gasteiger partial charge >= 0.3 is 12.0 Å². The summed E-state index contributed by atoms with van der Waals surface area (Å²) in [6.07, 6.45) is 1.88. The second kappa shape index (κ2) is 7.65. The lowest BCUT2D eigenvalue weighted by Crippen LogP contribution is -2.43. The number of carboxylic acids is 1. The summed E-state index contributed by atoms with van der Waals surface area (Å²) in [7, 11) is 0. The van der Waals surface area contributed by atoms with Gasteiger partial charge in [0.2, 0.25) is 0 Å². The van der Waals surface area contributed by atoms with Gasteiger partial charge in [-0.15, -0.1) is 11.8 Å². The predicted octanol–water partition coefficient (Wildman–Crippen LogP) is 1.37. The number of anilines is 1. The van der Waals surface area contributed by atoms with Crippen LogP contribution in [0.25, 0.3) is 0 Å². The van der Waals surface area contributed by atoms with Crippen LogP contribution in [0.1, 0.15) is 6.42 Å². The Balaban J connectivity index is 2.60. The van der Waals surface area contributed by atoms with Crippen molar-refractivity contribution in [1.82, 2.24) is 5.32 Å². The van der Waals surface area contributed by atoms with Crippen molar-refractivity contribution in [3.05, 3.63) is 24.3 Å². The van der Waals surface area contributed by atoms with Crippen LogP contribution in [0.3, 0.4) is 0 Å². The van der Waals surface area contributed by atoms with Gasteiger partial charge in [0.1, 0.15) is 6.04 Å². The lowest BCUT2D eigenvalue weighted by atomic mass is 10.2. The van der Waals surface area contributed by atoms with E-state index in [1.807, 2.05) is 12.3 Å². The van der Waals surface area contributed by atoms with E-state index in [0.717, 1.165) is 4.90 Å². The summed E-state index contributed by atoms with van der Waals surface area (Å²) < 4.78 is 0. The van der Waals surface area contributed by atoms with Crippen molar-refractivity contribution in [1.29, 1.82) is 0 Å². The molecule has 1 rings (SSSR count). The first-order valence-corrected chi connectivity index (χ1v) is 6.84. The smallest absolute Gasteiger partial charge is 0.326 e. The zero-order valence-electron chi connectivity index (χ0n) is 10.4. The van der Waals surface area contributed by atoms with E-state index in [9.17, 15) is 9.59 Å². The molecule has 4 N–H and O–H groups in total. The molecular weight excluding hydrogens is 268 g/mol. The number of urea groups is 1. The molecule has 2 amide bonds. The van der Waals surface area contributed by atoms with Gasteiger partial charge in [-0.3, -0.25) is 0 Å². The number of benzene rings is 1. The molecule has 0 aliphatic carbocycles. The maximum Gasteiger partial charge on any atom is 0.326 e. The number of hydrogen-bond acceptors (Lipinski definition) is 4. The number of carbonyl (C=O) groups is 2. The minimum atomic E-state index is -1.18. The zero-order valence-corrected chi connectivity index (χ0v) is 11.2. The monoisotopic (exact) mass is 284 g/mol. The summed E-state index contributed by atoms with van der Waals surface area (Å²) in [6, 6.07) is 5.48. The number of nitrogens with one attached hydrogen (secondary N) is 2. The molecule has 0 heterocycles. The Bertz CT molecular complexity index is 453. The third-order valence-corrected chi connectivity index (χ3v) is 3.07. The van der Waals surface area contributed by atoms with Crippen molar-refractivity contribution in [3.8, 4) is 0 Å². The van der Waals surface area contributed by atoms with Crippen LogP contribution in [0.2, 0.25) is 0 Å². The van der Waals surface area contributed by atoms with Crippen molar-refractivity contribution in [2.45, 2.75) is 17.4 Å². The van der Waals surface area contributed by atoms with E-state index >= 15 is 0 Å². The molecule has 1 aromatic carbocycles. The summed E-state index contributed by atoms with van der Waals surface area (Å²) in [5, 5.41) is 22.4. The molecule has 0 aliphatic rings. The number of carboxylic acid groups (broad SMARTS) is 1. The molecule has 6 nitrogen and oxygen atoms in total. The fourth-order valence-corrected chi connectivity index (χ4v) is 1.87. The number of thioether (sulfide) groups is 1. The van der Waals surface area contributed by atoms with Crippen molar-refractivity contribution < 1.29 is 19.8 Å². The third kappa shape index (κ3) is 5.19. The molecule has 1 unspecified atom stereocenters. The molecule has 0 radical (unpaired) electrons. The normalized spacial score (nSPS) is 11.7. The number of carbonyl (C=O) groups excluding carboxylic acids is 1. The molecule has 0 aromatic heterocycles. The molecule has 0 saturated carbocycles. The lowest BCUT2D eigenvalue weighted by molar-refractivity contribution is -0.139. The second-order valence-corrected chi connectivity index (χ2v) is 4.61. The van der Waals surface area contributed by atoms with E-state index in [2.05, 4.69) is 10.6 Å². The predicted molar refractivity (Wildman–Crippen MR) is 73.5 cm³/mol. The number of hydrogen-bond donors (Lipinski definition) is 4. The van der Waals surface area contributed by atoms with Gasteiger partial charge < -0.3 is 20.8 Å². The fraction of sp³-hybridized carbons (Fsp3) is 0.333. The highest BCUT2D eigenvalue weighted by Gasteiger charge is 2.19. The van der Waals surface area contributed by atoms with Crippen molar-refractivity contribution in [3.63, 3.8) is 0 Å². The maximum absolute atomic E-state index is 11.6. The van der Waals surface area contributed by atoms with Crippen LogP contribution in [0.15, 0.2) is 29.2 Å². The maximum atomic E-state index is 11.6. The SMILES string of the molecule is CSc1cccc(NC(=O)NC(CCO)C(=O)O)c1. The molecule has 0 bridgehead atoms. The van der Waals surface area contributed by atoms with Crippen LogP contribution in [0, 0.1) is 0 Å². The summed E-state index contributed by atoms with van der Waals surface area (Å²) in [4.78, 5) is 23.4. The minimum Gasteiger partial charge on any atom is -0.480 e. The first kappa shape index (κ1) is 15.3. The van der Waals surface area contributed by atoms with Gasteiger partial charge in [-0.05, 0) is 24.5 Å². The van der Waals surface area contributed by atoms with Crippen molar-refractivity contribution >= 4 is 29.4 Å². The van der Waals surface area contributed by atoms with Gasteiger partial charge in [-0.2, -0.15) is 0 Å². The minimum absolute atomic E-state index is 0.0341. The second-order valence-electron chi connectivity index (χ2n) is 3.73. The van der Waals surface area contributed by atoms with Gasteiger partial charge in [0.15, 0.2) is 0 Å². The summed E-state index contributed by atoms with van der Waals surface area (Å²) in [5.74, 6) is -1.18. The van der Waals surface area contributed by atoms with E-state index < -0.39 is 18.0 Å². The molecular formula is C12H16N2O4S. The van der Waals surface area contributed by atoms with Crippen LogP contribution in [0.4, 0.5) is 10.5 Å². The van der Waals surface area contributed by atoms with Gasteiger partial charge in [-0.1, -0.05) is 6.07 Å². The highest BCUT2D eigenvalue weighted by Crippen LogP contribution is 2.18. The Morgan fingerprint density at radius 1 is 1.42 bits per heavy atom. The molecule has 0 saturated heterocycles. The van der Waals surface area contributed by atoms with Crippen LogP contribution in [-0.2, 0) is 4.79 Å². The van der Waals surface area contributed by atoms with E-state index in [1.165, 1.54) is 11.8 Å². The van der Waals surface area contributed by atoms with Gasteiger partial charge in [0, 0.05) is 23.6 Å². The first-order valence-electron chi connectivity index (χ1n) is 5.62. The Morgan fingerprint density at radius 3 is 2.74 bits per heavy atom.